The summed E-state index contributed by atoms with van der Waals surface area (Å²) in [5, 5.41) is 17.8. The van der Waals surface area contributed by atoms with E-state index in [1.54, 1.807) is 45.8 Å². The van der Waals surface area contributed by atoms with Crippen LogP contribution in [0.1, 0.15) is 16.3 Å². The second-order valence-electron chi connectivity index (χ2n) is 5.47. The van der Waals surface area contributed by atoms with Gasteiger partial charge in [-0.3, -0.25) is 0 Å². The van der Waals surface area contributed by atoms with Crippen LogP contribution in [-0.4, -0.2) is 21.7 Å². The number of hydrogen-bond donors (Lipinski definition) is 1. The summed E-state index contributed by atoms with van der Waals surface area (Å²) < 4.78 is 6.58. The van der Waals surface area contributed by atoms with Gasteiger partial charge in [-0.15, -0.1) is 32.9 Å². The lowest BCUT2D eigenvalue weighted by atomic mass is 10.3. The van der Waals surface area contributed by atoms with E-state index in [-0.39, 0.29) is 0 Å². The van der Waals surface area contributed by atoms with Gasteiger partial charge in [-0.05, 0) is 36.9 Å². The number of nitrogens with one attached hydrogen (secondary N) is 1. The largest absolute Gasteiger partial charge is 0.459 e. The van der Waals surface area contributed by atoms with Crippen molar-refractivity contribution in [1.82, 2.24) is 15.2 Å². The highest BCUT2D eigenvalue weighted by Crippen LogP contribution is 2.31. The van der Waals surface area contributed by atoms with E-state index < -0.39 is 0 Å². The van der Waals surface area contributed by atoms with Gasteiger partial charge in [-0.25, -0.2) is 4.98 Å². The van der Waals surface area contributed by atoms with Crippen molar-refractivity contribution in [3.63, 3.8) is 0 Å². The van der Waals surface area contributed by atoms with E-state index in [1.807, 2.05) is 19.1 Å². The molecule has 0 saturated carbocycles. The summed E-state index contributed by atoms with van der Waals surface area (Å²) in [7, 11) is 0. The number of nitrogens with zero attached hydrogens (tertiary/aromatic N) is 3. The molecule has 26 heavy (non-hydrogen) atoms. The fraction of sp³-hybridized carbons (Fsp3) is 0.235. The number of thiazole rings is 1. The van der Waals surface area contributed by atoms with Crippen molar-refractivity contribution in [3.8, 4) is 10.8 Å². The van der Waals surface area contributed by atoms with Gasteiger partial charge in [0.15, 0.2) is 15.1 Å². The van der Waals surface area contributed by atoms with Crippen molar-refractivity contribution in [3.05, 3.63) is 51.4 Å². The molecule has 4 rings (SSSR count). The molecule has 1 N–H and O–H groups in total. The Bertz CT molecular complexity index is 957. The SMILES string of the molecule is Cc1ccc(-c2nc(CSc3nnc(NCCc4cccs4)s3)cs2)o1. The van der Waals surface area contributed by atoms with E-state index in [4.69, 9.17) is 4.42 Å². The summed E-state index contributed by atoms with van der Waals surface area (Å²) >= 11 is 6.63. The molecule has 0 aromatic carbocycles. The maximum atomic E-state index is 5.63. The number of thiophene rings is 1. The average molecular weight is 421 g/mol. The van der Waals surface area contributed by atoms with Crippen LogP contribution in [0.15, 0.2) is 43.8 Å². The Morgan fingerprint density at radius 2 is 2.15 bits per heavy atom. The van der Waals surface area contributed by atoms with Gasteiger partial charge < -0.3 is 9.73 Å². The van der Waals surface area contributed by atoms with Crippen LogP contribution in [0.5, 0.6) is 0 Å². The third kappa shape index (κ3) is 4.53. The first kappa shape index (κ1) is 17.7. The van der Waals surface area contributed by atoms with E-state index >= 15 is 0 Å². The van der Waals surface area contributed by atoms with E-state index in [1.165, 1.54) is 4.88 Å². The fourth-order valence-corrected chi connectivity index (χ4v) is 5.52. The van der Waals surface area contributed by atoms with Gasteiger partial charge >= 0.3 is 0 Å². The maximum absolute atomic E-state index is 5.63. The van der Waals surface area contributed by atoms with Crippen molar-refractivity contribution < 1.29 is 4.42 Å². The molecular weight excluding hydrogens is 404 g/mol. The summed E-state index contributed by atoms with van der Waals surface area (Å²) in [5.41, 5.74) is 1.03. The van der Waals surface area contributed by atoms with Crippen molar-refractivity contribution in [2.24, 2.45) is 0 Å². The van der Waals surface area contributed by atoms with Crippen LogP contribution in [0.4, 0.5) is 5.13 Å². The van der Waals surface area contributed by atoms with Gasteiger partial charge in [0.1, 0.15) is 5.76 Å². The van der Waals surface area contributed by atoms with Crippen LogP contribution in [0, 0.1) is 6.92 Å². The molecule has 0 radical (unpaired) electrons. The number of aryl methyl sites for hydroxylation is 1. The highest BCUT2D eigenvalue weighted by atomic mass is 32.2. The molecule has 9 heteroatoms. The minimum Gasteiger partial charge on any atom is -0.459 e. The smallest absolute Gasteiger partial charge is 0.206 e. The molecule has 0 fully saturated rings. The number of aromatic nitrogens is 3. The Morgan fingerprint density at radius 1 is 1.19 bits per heavy atom. The minimum atomic E-state index is 0.778. The van der Waals surface area contributed by atoms with E-state index in [0.717, 1.165) is 50.4 Å². The van der Waals surface area contributed by atoms with Crippen molar-refractivity contribution in [1.29, 1.82) is 0 Å². The molecular formula is C17H16N4OS4. The summed E-state index contributed by atoms with van der Waals surface area (Å²) in [6.07, 6.45) is 1.01. The lowest BCUT2D eigenvalue weighted by Gasteiger charge is -1.99. The number of furan rings is 1. The molecule has 0 spiro atoms. The van der Waals surface area contributed by atoms with Gasteiger partial charge in [0.05, 0.1) is 5.69 Å². The molecule has 4 aromatic heterocycles. The average Bonchev–Trinajstić information content (AvgIpc) is 3.41. The topological polar surface area (TPSA) is 63.8 Å². The van der Waals surface area contributed by atoms with Crippen molar-refractivity contribution in [2.45, 2.75) is 23.4 Å². The first-order chi connectivity index (χ1) is 12.8. The molecule has 0 aliphatic carbocycles. The molecule has 5 nitrogen and oxygen atoms in total. The molecule has 0 amide bonds. The first-order valence-corrected chi connectivity index (χ1v) is 11.6. The zero-order valence-electron chi connectivity index (χ0n) is 14.0. The van der Waals surface area contributed by atoms with Crippen LogP contribution in [0.3, 0.4) is 0 Å². The van der Waals surface area contributed by atoms with Gasteiger partial charge in [0, 0.05) is 22.6 Å². The quantitative estimate of drug-likeness (QED) is 0.376. The number of anilines is 1. The van der Waals surface area contributed by atoms with Crippen LogP contribution in [0.25, 0.3) is 10.8 Å². The van der Waals surface area contributed by atoms with Crippen LogP contribution >= 0.6 is 45.8 Å². The summed E-state index contributed by atoms with van der Waals surface area (Å²) in [6.45, 7) is 2.81. The van der Waals surface area contributed by atoms with Gasteiger partial charge in [-0.2, -0.15) is 0 Å². The molecule has 4 heterocycles. The third-order valence-corrected chi connectivity index (χ3v) is 7.37. The summed E-state index contributed by atoms with van der Waals surface area (Å²) in [5.74, 6) is 2.51. The number of hydrogen-bond acceptors (Lipinski definition) is 9. The minimum absolute atomic E-state index is 0.778. The standard InChI is InChI=1S/C17H16N4OS4/c1-11-4-5-14(22-11)15-19-12(9-24-15)10-25-17-21-20-16(26-17)18-7-6-13-3-2-8-23-13/h2-5,8-9H,6-7,10H2,1H3,(H,18,20). The predicted octanol–water partition coefficient (Wildman–Crippen LogP) is 5.57. The molecule has 0 bridgehead atoms. The Balaban J connectivity index is 1.27. The van der Waals surface area contributed by atoms with Crippen LogP contribution in [0.2, 0.25) is 0 Å². The second kappa shape index (κ2) is 8.34. The van der Waals surface area contributed by atoms with Crippen molar-refractivity contribution >= 4 is 50.9 Å². The maximum Gasteiger partial charge on any atom is 0.206 e. The second-order valence-corrected chi connectivity index (χ2v) is 9.56. The zero-order valence-corrected chi connectivity index (χ0v) is 17.2. The monoisotopic (exact) mass is 420 g/mol. The number of thioether (sulfide) groups is 1. The Kier molecular flexibility index (Phi) is 5.68. The lowest BCUT2D eigenvalue weighted by Crippen LogP contribution is -2.03. The molecule has 4 aromatic rings. The molecule has 0 saturated heterocycles. The first-order valence-electron chi connectivity index (χ1n) is 8.00. The highest BCUT2D eigenvalue weighted by molar-refractivity contribution is 8.00. The predicted molar refractivity (Wildman–Crippen MR) is 111 cm³/mol. The van der Waals surface area contributed by atoms with Crippen LogP contribution < -0.4 is 5.32 Å². The summed E-state index contributed by atoms with van der Waals surface area (Å²) in [6, 6.07) is 8.15. The zero-order chi connectivity index (χ0) is 17.8. The Labute approximate surface area is 167 Å². The van der Waals surface area contributed by atoms with Gasteiger partial charge in [0.2, 0.25) is 5.13 Å². The van der Waals surface area contributed by atoms with Crippen LogP contribution in [-0.2, 0) is 12.2 Å². The molecule has 0 unspecified atom stereocenters. The Morgan fingerprint density at radius 3 is 2.96 bits per heavy atom. The molecule has 0 atom stereocenters. The third-order valence-electron chi connectivity index (χ3n) is 3.48. The molecule has 0 aliphatic heterocycles. The van der Waals surface area contributed by atoms with E-state index in [0.29, 0.717) is 0 Å². The Hall–Kier alpha value is -1.68. The highest BCUT2D eigenvalue weighted by Gasteiger charge is 2.10. The van der Waals surface area contributed by atoms with E-state index in [2.05, 4.69) is 43.4 Å². The fourth-order valence-electron chi connectivity index (χ4n) is 2.26. The van der Waals surface area contributed by atoms with E-state index in [9.17, 15) is 0 Å². The van der Waals surface area contributed by atoms with Gasteiger partial charge in [-0.1, -0.05) is 29.2 Å². The van der Waals surface area contributed by atoms with Crippen molar-refractivity contribution in [2.75, 3.05) is 11.9 Å². The summed E-state index contributed by atoms with van der Waals surface area (Å²) in [4.78, 5) is 6.02. The van der Waals surface area contributed by atoms with Gasteiger partial charge in [0.25, 0.3) is 0 Å². The normalized spacial score (nSPS) is 11.1. The number of rotatable bonds is 8. The molecule has 134 valence electrons. The lowest BCUT2D eigenvalue weighted by molar-refractivity contribution is 0.548. The molecule has 0 aliphatic rings.